The number of aromatic nitrogens is 3. The Bertz CT molecular complexity index is 1030. The van der Waals surface area contributed by atoms with Crippen LogP contribution in [0.5, 0.6) is 5.75 Å². The number of aryl methyl sites for hydroxylation is 1. The molecule has 3 aromatic rings. The molecule has 30 heavy (non-hydrogen) atoms. The number of rotatable bonds is 9. The van der Waals surface area contributed by atoms with Gasteiger partial charge >= 0.3 is 5.97 Å². The van der Waals surface area contributed by atoms with Crippen LogP contribution in [-0.4, -0.2) is 37.5 Å². The zero-order valence-corrected chi connectivity index (χ0v) is 17.5. The molecule has 0 fully saturated rings. The Balaban J connectivity index is 1.52. The van der Waals surface area contributed by atoms with Crippen LogP contribution in [-0.2, 0) is 24.9 Å². The lowest BCUT2D eigenvalue weighted by molar-refractivity contribution is -0.113. The van der Waals surface area contributed by atoms with E-state index in [1.54, 1.807) is 16.7 Å². The summed E-state index contributed by atoms with van der Waals surface area (Å²) in [5, 5.41) is 20.5. The maximum atomic E-state index is 12.2. The van der Waals surface area contributed by atoms with Gasteiger partial charge in [0.15, 0.2) is 11.0 Å². The van der Waals surface area contributed by atoms with Crippen molar-refractivity contribution in [2.24, 2.45) is 7.05 Å². The molecule has 1 heterocycles. The normalized spacial score (nSPS) is 10.6. The van der Waals surface area contributed by atoms with Gasteiger partial charge in [0.2, 0.25) is 5.91 Å². The Morgan fingerprint density at radius 3 is 2.63 bits per heavy atom. The molecule has 156 valence electrons. The van der Waals surface area contributed by atoms with Crippen molar-refractivity contribution in [3.8, 4) is 5.75 Å². The highest BCUT2D eigenvalue weighted by Gasteiger charge is 2.13. The van der Waals surface area contributed by atoms with Crippen molar-refractivity contribution in [1.29, 1.82) is 0 Å². The number of carbonyl (C=O) groups excluding carboxylic acids is 1. The van der Waals surface area contributed by atoms with E-state index < -0.39 is 5.97 Å². The van der Waals surface area contributed by atoms with E-state index in [9.17, 15) is 9.59 Å². The molecular weight excluding hydrogens is 404 g/mol. The van der Waals surface area contributed by atoms with Crippen molar-refractivity contribution in [2.45, 2.75) is 25.1 Å². The molecule has 8 nitrogen and oxygen atoms in total. The van der Waals surface area contributed by atoms with E-state index in [-0.39, 0.29) is 23.8 Å². The Morgan fingerprint density at radius 1 is 1.17 bits per heavy atom. The van der Waals surface area contributed by atoms with Gasteiger partial charge < -0.3 is 19.7 Å². The summed E-state index contributed by atoms with van der Waals surface area (Å²) in [5.41, 5.74) is 1.79. The fraction of sp³-hybridized carbons (Fsp3) is 0.238. The number of ether oxygens (including phenoxy) is 1. The maximum absolute atomic E-state index is 12.2. The molecule has 2 aromatic carbocycles. The number of aromatic carboxylic acids is 1. The molecule has 0 aliphatic rings. The number of carbonyl (C=O) groups is 2. The van der Waals surface area contributed by atoms with Gasteiger partial charge in [-0.25, -0.2) is 4.79 Å². The second-order valence-electron chi connectivity index (χ2n) is 6.47. The third kappa shape index (κ3) is 5.60. The molecule has 1 aromatic heterocycles. The average molecular weight is 426 g/mol. The van der Waals surface area contributed by atoms with Crippen molar-refractivity contribution in [1.82, 2.24) is 14.8 Å². The van der Waals surface area contributed by atoms with Gasteiger partial charge in [0.05, 0.1) is 11.3 Å². The number of carboxylic acids is 1. The van der Waals surface area contributed by atoms with Gasteiger partial charge in [0, 0.05) is 12.7 Å². The lowest BCUT2D eigenvalue weighted by Gasteiger charge is -2.08. The van der Waals surface area contributed by atoms with Crippen LogP contribution < -0.4 is 10.1 Å². The van der Waals surface area contributed by atoms with E-state index in [0.29, 0.717) is 16.7 Å². The molecule has 0 radical (unpaired) electrons. The van der Waals surface area contributed by atoms with Gasteiger partial charge in [-0.2, -0.15) is 0 Å². The highest BCUT2D eigenvalue weighted by atomic mass is 32.2. The van der Waals surface area contributed by atoms with Crippen LogP contribution in [0, 0.1) is 0 Å². The standard InChI is InChI=1S/C21H22N4O4S/c1-3-14-7-9-17(10-8-14)29-12-18-23-24-21(25(18)2)30-13-19(26)22-16-6-4-5-15(11-16)20(27)28/h4-11H,3,12-13H2,1-2H3,(H,22,26)(H,27,28). The van der Waals surface area contributed by atoms with E-state index in [1.807, 2.05) is 31.3 Å². The first-order chi connectivity index (χ1) is 14.5. The predicted octanol–water partition coefficient (Wildman–Crippen LogP) is 3.39. The van der Waals surface area contributed by atoms with Crippen LogP contribution in [0.1, 0.15) is 28.7 Å². The summed E-state index contributed by atoms with van der Waals surface area (Å²) < 4.78 is 7.54. The van der Waals surface area contributed by atoms with E-state index in [0.717, 1.165) is 12.2 Å². The molecule has 1 amide bonds. The number of amides is 1. The summed E-state index contributed by atoms with van der Waals surface area (Å²) in [7, 11) is 1.81. The largest absolute Gasteiger partial charge is 0.486 e. The lowest BCUT2D eigenvalue weighted by atomic mass is 10.2. The number of hydrogen-bond donors (Lipinski definition) is 2. The molecule has 9 heteroatoms. The fourth-order valence-electron chi connectivity index (χ4n) is 2.62. The Morgan fingerprint density at radius 2 is 1.93 bits per heavy atom. The molecule has 0 atom stereocenters. The van der Waals surface area contributed by atoms with Crippen molar-refractivity contribution in [3.05, 3.63) is 65.5 Å². The molecule has 0 spiro atoms. The summed E-state index contributed by atoms with van der Waals surface area (Å²) in [4.78, 5) is 23.2. The van der Waals surface area contributed by atoms with Gasteiger partial charge in [-0.05, 0) is 42.3 Å². The van der Waals surface area contributed by atoms with Crippen molar-refractivity contribution >= 4 is 29.3 Å². The highest BCUT2D eigenvalue weighted by molar-refractivity contribution is 7.99. The molecule has 3 rings (SSSR count). The average Bonchev–Trinajstić information content (AvgIpc) is 3.10. The zero-order valence-electron chi connectivity index (χ0n) is 16.7. The van der Waals surface area contributed by atoms with Crippen LogP contribution in [0.3, 0.4) is 0 Å². The minimum absolute atomic E-state index is 0.114. The Kier molecular flexibility index (Phi) is 7.08. The summed E-state index contributed by atoms with van der Waals surface area (Å²) in [6.45, 7) is 2.37. The van der Waals surface area contributed by atoms with Crippen molar-refractivity contribution in [2.75, 3.05) is 11.1 Å². The van der Waals surface area contributed by atoms with Gasteiger partial charge in [0.25, 0.3) is 0 Å². The van der Waals surface area contributed by atoms with Crippen molar-refractivity contribution in [3.63, 3.8) is 0 Å². The Labute approximate surface area is 178 Å². The first-order valence-electron chi connectivity index (χ1n) is 9.32. The molecule has 0 aliphatic carbocycles. The molecule has 0 bridgehead atoms. The number of carboxylic acid groups (broad SMARTS) is 1. The number of benzene rings is 2. The maximum Gasteiger partial charge on any atom is 0.335 e. The zero-order chi connectivity index (χ0) is 21.5. The van der Waals surface area contributed by atoms with Gasteiger partial charge in [-0.3, -0.25) is 4.79 Å². The van der Waals surface area contributed by atoms with Gasteiger partial charge in [0.1, 0.15) is 12.4 Å². The quantitative estimate of drug-likeness (QED) is 0.505. The number of nitrogens with zero attached hydrogens (tertiary/aromatic N) is 3. The van der Waals surface area contributed by atoms with E-state index >= 15 is 0 Å². The van der Waals surface area contributed by atoms with Crippen molar-refractivity contribution < 1.29 is 19.4 Å². The van der Waals surface area contributed by atoms with Crippen LogP contribution in [0.15, 0.2) is 53.7 Å². The minimum Gasteiger partial charge on any atom is -0.486 e. The van der Waals surface area contributed by atoms with Crippen LogP contribution >= 0.6 is 11.8 Å². The molecule has 0 unspecified atom stereocenters. The minimum atomic E-state index is -1.05. The van der Waals surface area contributed by atoms with Gasteiger partial charge in [-0.15, -0.1) is 10.2 Å². The smallest absolute Gasteiger partial charge is 0.335 e. The summed E-state index contributed by atoms with van der Waals surface area (Å²) in [5.74, 6) is 0.205. The third-order valence-corrected chi connectivity index (χ3v) is 5.37. The number of nitrogens with one attached hydrogen (secondary N) is 1. The number of anilines is 1. The molecular formula is C21H22N4O4S. The van der Waals surface area contributed by atoms with Crippen LogP contribution in [0.4, 0.5) is 5.69 Å². The lowest BCUT2D eigenvalue weighted by Crippen LogP contribution is -2.15. The summed E-state index contributed by atoms with van der Waals surface area (Å²) in [6.07, 6.45) is 0.975. The van der Waals surface area contributed by atoms with Gasteiger partial charge in [-0.1, -0.05) is 36.9 Å². The van der Waals surface area contributed by atoms with Crippen LogP contribution in [0.2, 0.25) is 0 Å². The van der Waals surface area contributed by atoms with E-state index in [2.05, 4.69) is 22.4 Å². The second kappa shape index (κ2) is 9.93. The van der Waals surface area contributed by atoms with E-state index in [1.165, 1.54) is 29.5 Å². The molecule has 0 aliphatic heterocycles. The molecule has 0 saturated heterocycles. The van der Waals surface area contributed by atoms with Crippen LogP contribution in [0.25, 0.3) is 0 Å². The summed E-state index contributed by atoms with van der Waals surface area (Å²) in [6, 6.07) is 14.0. The summed E-state index contributed by atoms with van der Waals surface area (Å²) >= 11 is 1.24. The molecule has 0 saturated carbocycles. The predicted molar refractivity (Wildman–Crippen MR) is 114 cm³/mol. The number of hydrogen-bond acceptors (Lipinski definition) is 6. The SMILES string of the molecule is CCc1ccc(OCc2nnc(SCC(=O)Nc3cccc(C(=O)O)c3)n2C)cc1. The number of thioether (sulfide) groups is 1. The molecule has 2 N–H and O–H groups in total. The fourth-order valence-corrected chi connectivity index (χ4v) is 3.35. The highest BCUT2D eigenvalue weighted by Crippen LogP contribution is 2.19. The monoisotopic (exact) mass is 426 g/mol. The second-order valence-corrected chi connectivity index (χ2v) is 7.41. The van der Waals surface area contributed by atoms with E-state index in [4.69, 9.17) is 9.84 Å². The topological polar surface area (TPSA) is 106 Å². The first-order valence-corrected chi connectivity index (χ1v) is 10.3. The Hall–Kier alpha value is -3.33. The first kappa shape index (κ1) is 21.4. The third-order valence-electron chi connectivity index (χ3n) is 4.35.